The Morgan fingerprint density at radius 2 is 2.36 bits per heavy atom. The molecule has 3 nitrogen and oxygen atoms in total. The first-order chi connectivity index (χ1) is 6.63. The van der Waals surface area contributed by atoms with Gasteiger partial charge in [-0.1, -0.05) is 11.6 Å². The molecule has 1 rings (SSSR count). The van der Waals surface area contributed by atoms with E-state index < -0.39 is 13.0 Å². The lowest BCUT2D eigenvalue weighted by atomic mass is 10.3. The maximum atomic E-state index is 11.7. The Kier molecular flexibility index (Phi) is 3.76. The number of aromatic nitrogens is 1. The van der Waals surface area contributed by atoms with Crippen LogP contribution in [0.1, 0.15) is 10.4 Å². The van der Waals surface area contributed by atoms with Crippen molar-refractivity contribution >= 4 is 17.9 Å². The number of nitrogens with zero attached hydrogens (tertiary/aromatic N) is 1. The van der Waals surface area contributed by atoms with Crippen LogP contribution in [-0.2, 0) is 0 Å². The van der Waals surface area contributed by atoms with Gasteiger partial charge in [-0.25, -0.2) is 13.8 Å². The predicted octanol–water partition coefficient (Wildman–Crippen LogP) is 2.19. The molecule has 1 aromatic heterocycles. The van der Waals surface area contributed by atoms with Crippen LogP contribution >= 0.6 is 11.6 Å². The lowest BCUT2D eigenvalue weighted by molar-refractivity contribution is 0.0796. The van der Waals surface area contributed by atoms with Gasteiger partial charge in [0.1, 0.15) is 5.02 Å². The Bertz CT molecular complexity index is 333. The van der Waals surface area contributed by atoms with E-state index in [-0.39, 0.29) is 16.5 Å². The van der Waals surface area contributed by atoms with Gasteiger partial charge >= 0.3 is 0 Å². The molecule has 0 aliphatic rings. The second-order valence-corrected chi connectivity index (χ2v) is 2.78. The van der Waals surface area contributed by atoms with Crippen LogP contribution in [0.4, 0.5) is 8.78 Å². The number of hydrogen-bond acceptors (Lipinski definition) is 3. The fraction of sp³-hybridized carbons (Fsp3) is 0.250. The Labute approximate surface area is 83.7 Å². The Hall–Kier alpha value is -1.23. The summed E-state index contributed by atoms with van der Waals surface area (Å²) in [6.07, 6.45) is -0.839. The number of carbonyl (C=O) groups is 1. The molecule has 0 atom stereocenters. The number of halogens is 3. The molecular formula is C8H6ClF2NO2. The third kappa shape index (κ3) is 2.92. The molecule has 0 saturated carbocycles. The van der Waals surface area contributed by atoms with E-state index >= 15 is 0 Å². The van der Waals surface area contributed by atoms with Gasteiger partial charge in [0.15, 0.2) is 12.9 Å². The number of ether oxygens (including phenoxy) is 1. The van der Waals surface area contributed by atoms with Crippen LogP contribution in [0.3, 0.4) is 0 Å². The number of aldehydes is 1. The van der Waals surface area contributed by atoms with Crippen molar-refractivity contribution in [1.29, 1.82) is 0 Å². The van der Waals surface area contributed by atoms with E-state index in [9.17, 15) is 13.6 Å². The normalized spacial score (nSPS) is 10.3. The third-order valence-corrected chi connectivity index (χ3v) is 1.58. The summed E-state index contributed by atoms with van der Waals surface area (Å²) < 4.78 is 28.1. The topological polar surface area (TPSA) is 39.2 Å². The fourth-order valence-electron chi connectivity index (χ4n) is 0.753. The summed E-state index contributed by atoms with van der Waals surface area (Å²) in [6, 6.07) is 1.29. The second kappa shape index (κ2) is 4.85. The number of carbonyl (C=O) groups excluding carboxylic acids is 1. The zero-order chi connectivity index (χ0) is 10.6. The molecule has 14 heavy (non-hydrogen) atoms. The molecular weight excluding hydrogens is 216 g/mol. The average molecular weight is 222 g/mol. The van der Waals surface area contributed by atoms with Gasteiger partial charge in [-0.3, -0.25) is 4.79 Å². The van der Waals surface area contributed by atoms with Gasteiger partial charge in [-0.15, -0.1) is 0 Å². The van der Waals surface area contributed by atoms with E-state index in [2.05, 4.69) is 9.72 Å². The van der Waals surface area contributed by atoms with Crippen LogP contribution in [0.25, 0.3) is 0 Å². The van der Waals surface area contributed by atoms with Crippen molar-refractivity contribution < 1.29 is 18.3 Å². The maximum absolute atomic E-state index is 11.7. The summed E-state index contributed by atoms with van der Waals surface area (Å²) in [7, 11) is 0. The molecule has 0 unspecified atom stereocenters. The largest absolute Gasteiger partial charge is 0.471 e. The summed E-state index contributed by atoms with van der Waals surface area (Å²) in [5, 5.41) is 0.0373. The predicted molar refractivity (Wildman–Crippen MR) is 46.1 cm³/mol. The van der Waals surface area contributed by atoms with Crippen molar-refractivity contribution in [2.75, 3.05) is 6.61 Å². The Morgan fingerprint density at radius 1 is 1.64 bits per heavy atom. The first-order valence-corrected chi connectivity index (χ1v) is 4.03. The summed E-state index contributed by atoms with van der Waals surface area (Å²) in [5.74, 6) is -0.0995. The molecule has 0 aliphatic heterocycles. The van der Waals surface area contributed by atoms with Crippen LogP contribution in [0.5, 0.6) is 5.88 Å². The SMILES string of the molecule is O=Cc1cnc(OCC(F)F)c(Cl)c1. The molecule has 0 fully saturated rings. The van der Waals surface area contributed by atoms with Crippen LogP contribution in [0.15, 0.2) is 12.3 Å². The van der Waals surface area contributed by atoms with E-state index in [1.165, 1.54) is 12.3 Å². The van der Waals surface area contributed by atoms with E-state index in [1.807, 2.05) is 0 Å². The minimum absolute atomic E-state index is 0.0373. The van der Waals surface area contributed by atoms with Gasteiger partial charge in [-0.05, 0) is 6.07 Å². The summed E-state index contributed by atoms with van der Waals surface area (Å²) in [6.45, 7) is -0.771. The molecule has 0 aliphatic carbocycles. The van der Waals surface area contributed by atoms with Gasteiger partial charge in [0.05, 0.1) is 0 Å². The number of hydrogen-bond donors (Lipinski definition) is 0. The highest BCUT2D eigenvalue weighted by atomic mass is 35.5. The van der Waals surface area contributed by atoms with Crippen LogP contribution in [-0.4, -0.2) is 24.3 Å². The fourth-order valence-corrected chi connectivity index (χ4v) is 0.982. The summed E-state index contributed by atoms with van der Waals surface area (Å²) >= 11 is 5.60. The molecule has 0 radical (unpaired) electrons. The van der Waals surface area contributed by atoms with Gasteiger partial charge < -0.3 is 4.74 Å². The highest BCUT2D eigenvalue weighted by molar-refractivity contribution is 6.32. The molecule has 0 spiro atoms. The minimum atomic E-state index is -2.58. The minimum Gasteiger partial charge on any atom is -0.471 e. The van der Waals surface area contributed by atoms with Crippen molar-refractivity contribution in [2.24, 2.45) is 0 Å². The van der Waals surface area contributed by atoms with Crippen molar-refractivity contribution in [3.63, 3.8) is 0 Å². The molecule has 1 aromatic rings. The maximum Gasteiger partial charge on any atom is 0.272 e. The molecule has 0 saturated heterocycles. The molecule has 0 aromatic carbocycles. The van der Waals surface area contributed by atoms with Gasteiger partial charge in [0.2, 0.25) is 5.88 Å². The van der Waals surface area contributed by atoms with Crippen LogP contribution < -0.4 is 4.74 Å². The first kappa shape index (κ1) is 10.8. The highest BCUT2D eigenvalue weighted by Gasteiger charge is 2.08. The van der Waals surface area contributed by atoms with Gasteiger partial charge in [-0.2, -0.15) is 0 Å². The lowest BCUT2D eigenvalue weighted by Crippen LogP contribution is -2.08. The zero-order valence-electron chi connectivity index (χ0n) is 6.91. The van der Waals surface area contributed by atoms with Crippen molar-refractivity contribution in [3.05, 3.63) is 22.8 Å². The molecule has 0 amide bonds. The Morgan fingerprint density at radius 3 is 2.86 bits per heavy atom. The number of alkyl halides is 2. The molecule has 1 heterocycles. The first-order valence-electron chi connectivity index (χ1n) is 3.65. The van der Waals surface area contributed by atoms with E-state index in [0.29, 0.717) is 6.29 Å². The van der Waals surface area contributed by atoms with Crippen LogP contribution in [0, 0.1) is 0 Å². The van der Waals surface area contributed by atoms with Crippen molar-refractivity contribution in [3.8, 4) is 5.88 Å². The Balaban J connectivity index is 2.73. The monoisotopic (exact) mass is 221 g/mol. The standard InChI is InChI=1S/C8H6ClF2NO2/c9-6-1-5(3-13)2-12-8(6)14-4-7(10)11/h1-3,7H,4H2. The van der Waals surface area contributed by atoms with E-state index in [0.717, 1.165) is 0 Å². The smallest absolute Gasteiger partial charge is 0.272 e. The van der Waals surface area contributed by atoms with E-state index in [4.69, 9.17) is 11.6 Å². The third-order valence-electron chi connectivity index (χ3n) is 1.31. The van der Waals surface area contributed by atoms with Gasteiger partial charge in [0.25, 0.3) is 6.43 Å². The van der Waals surface area contributed by atoms with Crippen molar-refractivity contribution in [2.45, 2.75) is 6.43 Å². The average Bonchev–Trinajstić information content (AvgIpc) is 2.15. The van der Waals surface area contributed by atoms with Gasteiger partial charge in [0, 0.05) is 11.8 Å². The molecule has 76 valence electrons. The second-order valence-electron chi connectivity index (χ2n) is 2.38. The van der Waals surface area contributed by atoms with Crippen molar-refractivity contribution in [1.82, 2.24) is 4.98 Å². The highest BCUT2D eigenvalue weighted by Crippen LogP contribution is 2.21. The molecule has 0 bridgehead atoms. The number of rotatable bonds is 4. The summed E-state index contributed by atoms with van der Waals surface area (Å²) in [5.41, 5.74) is 0.263. The lowest BCUT2D eigenvalue weighted by Gasteiger charge is -2.05. The summed E-state index contributed by atoms with van der Waals surface area (Å²) in [4.78, 5) is 13.9. The quantitative estimate of drug-likeness (QED) is 0.732. The van der Waals surface area contributed by atoms with Crippen LogP contribution in [0.2, 0.25) is 5.02 Å². The zero-order valence-corrected chi connectivity index (χ0v) is 7.67. The molecule has 0 N–H and O–H groups in total. The van der Waals surface area contributed by atoms with E-state index in [1.54, 1.807) is 0 Å². The number of pyridine rings is 1. The molecule has 6 heteroatoms.